The smallest absolute Gasteiger partial charge is 0.244 e. The maximum atomic E-state index is 13.1. The van der Waals surface area contributed by atoms with Gasteiger partial charge in [0.1, 0.15) is 10.5 Å². The van der Waals surface area contributed by atoms with E-state index in [-0.39, 0.29) is 35.1 Å². The lowest BCUT2D eigenvalue weighted by molar-refractivity contribution is 0.0697. The van der Waals surface area contributed by atoms with Crippen LogP contribution in [0, 0.1) is 11.3 Å². The van der Waals surface area contributed by atoms with Crippen molar-refractivity contribution >= 4 is 45.0 Å². The summed E-state index contributed by atoms with van der Waals surface area (Å²) in [5.74, 6) is 0. The molecular formula is C17H16Cl2N4O3S2. The van der Waals surface area contributed by atoms with Crippen LogP contribution in [0.25, 0.3) is 0 Å². The van der Waals surface area contributed by atoms with Crippen LogP contribution in [-0.2, 0) is 10.0 Å². The van der Waals surface area contributed by atoms with Gasteiger partial charge in [0.15, 0.2) is 0 Å². The predicted molar refractivity (Wildman–Crippen MR) is 108 cm³/mol. The summed E-state index contributed by atoms with van der Waals surface area (Å²) in [5.41, 5.74) is 4.58. The van der Waals surface area contributed by atoms with E-state index in [2.05, 4.69) is 4.98 Å². The van der Waals surface area contributed by atoms with Crippen molar-refractivity contribution in [1.29, 1.82) is 5.26 Å². The molecule has 11 heteroatoms. The lowest BCUT2D eigenvalue weighted by Crippen LogP contribution is -2.47. The number of rotatable bonds is 5. The Kier molecular flexibility index (Phi) is 6.22. The summed E-state index contributed by atoms with van der Waals surface area (Å²) in [6, 6.07) is 9.23. The summed E-state index contributed by atoms with van der Waals surface area (Å²) in [6.07, 6.45) is 1.48. The standard InChI is InChI=1S/C17H16Cl2N4O3S2/c18-12-2-4-16(22-7-12)27-15-8-23(10-17(15,24)9-21)28(25,26)14-3-1-11(6-20)5-13(14)19/h1-5,7,15,24H,8-10,21H2/t15-,17?/m0/s1. The van der Waals surface area contributed by atoms with Crippen LogP contribution in [0.4, 0.5) is 0 Å². The Hall–Kier alpha value is -1.38. The summed E-state index contributed by atoms with van der Waals surface area (Å²) >= 11 is 13.2. The highest BCUT2D eigenvalue weighted by Crippen LogP contribution is 2.38. The Morgan fingerprint density at radius 1 is 1.39 bits per heavy atom. The number of aliphatic hydroxyl groups is 1. The van der Waals surface area contributed by atoms with Crippen molar-refractivity contribution in [3.8, 4) is 6.07 Å². The maximum absolute atomic E-state index is 13.1. The van der Waals surface area contributed by atoms with Gasteiger partial charge in [0, 0.05) is 25.8 Å². The van der Waals surface area contributed by atoms with Gasteiger partial charge in [-0.05, 0) is 30.3 Å². The van der Waals surface area contributed by atoms with Crippen molar-refractivity contribution in [2.24, 2.45) is 5.73 Å². The van der Waals surface area contributed by atoms with Crippen molar-refractivity contribution in [2.75, 3.05) is 19.6 Å². The average Bonchev–Trinajstić information content (AvgIpc) is 3.01. The minimum Gasteiger partial charge on any atom is -0.386 e. The Labute approximate surface area is 177 Å². The average molecular weight is 459 g/mol. The monoisotopic (exact) mass is 458 g/mol. The second kappa shape index (κ2) is 8.16. The first-order valence-electron chi connectivity index (χ1n) is 8.10. The summed E-state index contributed by atoms with van der Waals surface area (Å²) in [5, 5.41) is 20.3. The number of nitrogens with zero attached hydrogens (tertiary/aromatic N) is 3. The molecule has 0 amide bonds. The fourth-order valence-corrected chi connectivity index (χ4v) is 6.29. The third-order valence-corrected chi connectivity index (χ3v) is 8.29. The van der Waals surface area contributed by atoms with E-state index in [1.165, 1.54) is 36.2 Å². The summed E-state index contributed by atoms with van der Waals surface area (Å²) < 4.78 is 27.3. The molecule has 1 unspecified atom stereocenters. The van der Waals surface area contributed by atoms with E-state index in [4.69, 9.17) is 34.2 Å². The van der Waals surface area contributed by atoms with Gasteiger partial charge in [0.25, 0.3) is 0 Å². The van der Waals surface area contributed by atoms with Crippen LogP contribution in [-0.4, -0.2) is 53.3 Å². The normalized spacial score (nSPS) is 22.9. The van der Waals surface area contributed by atoms with E-state index in [1.54, 1.807) is 12.1 Å². The van der Waals surface area contributed by atoms with Crippen LogP contribution >= 0.6 is 35.0 Å². The van der Waals surface area contributed by atoms with Crippen LogP contribution in [0.2, 0.25) is 10.0 Å². The quantitative estimate of drug-likeness (QED) is 0.703. The highest BCUT2D eigenvalue weighted by atomic mass is 35.5. The molecule has 1 aromatic carbocycles. The van der Waals surface area contributed by atoms with Gasteiger partial charge in [0.2, 0.25) is 10.0 Å². The van der Waals surface area contributed by atoms with Crippen LogP contribution in [0.5, 0.6) is 0 Å². The van der Waals surface area contributed by atoms with Gasteiger partial charge in [-0.25, -0.2) is 13.4 Å². The van der Waals surface area contributed by atoms with E-state index in [9.17, 15) is 13.5 Å². The number of hydrogen-bond acceptors (Lipinski definition) is 7. The molecular weight excluding hydrogens is 443 g/mol. The predicted octanol–water partition coefficient (Wildman–Crippen LogP) is 2.12. The van der Waals surface area contributed by atoms with Crippen molar-refractivity contribution < 1.29 is 13.5 Å². The van der Waals surface area contributed by atoms with Crippen LogP contribution in [0.3, 0.4) is 0 Å². The summed E-state index contributed by atoms with van der Waals surface area (Å²) in [6.45, 7) is -0.264. The number of halogens is 2. The molecule has 0 radical (unpaired) electrons. The minimum absolute atomic E-state index is 0.0291. The molecule has 2 aromatic rings. The lowest BCUT2D eigenvalue weighted by Gasteiger charge is -2.26. The fraction of sp³-hybridized carbons (Fsp3) is 0.294. The van der Waals surface area contributed by atoms with Crippen molar-refractivity contribution in [3.05, 3.63) is 52.1 Å². The molecule has 1 aromatic heterocycles. The molecule has 1 saturated heterocycles. The molecule has 1 aliphatic rings. The molecule has 0 aliphatic carbocycles. The van der Waals surface area contributed by atoms with Gasteiger partial charge in [-0.1, -0.05) is 35.0 Å². The molecule has 148 valence electrons. The fourth-order valence-electron chi connectivity index (χ4n) is 2.85. The zero-order chi connectivity index (χ0) is 20.5. The van der Waals surface area contributed by atoms with E-state index in [0.29, 0.717) is 10.0 Å². The highest BCUT2D eigenvalue weighted by molar-refractivity contribution is 8.00. The Morgan fingerprint density at radius 3 is 2.71 bits per heavy atom. The molecule has 1 aliphatic heterocycles. The maximum Gasteiger partial charge on any atom is 0.244 e. The number of sulfonamides is 1. The molecule has 28 heavy (non-hydrogen) atoms. The molecule has 0 bridgehead atoms. The van der Waals surface area contributed by atoms with Crippen molar-refractivity contribution in [1.82, 2.24) is 9.29 Å². The number of β-amino-alcohol motifs (C(OH)–C–C–N with tert-alkyl or cyclic N) is 1. The minimum atomic E-state index is -3.99. The van der Waals surface area contributed by atoms with E-state index in [1.807, 2.05) is 6.07 Å². The van der Waals surface area contributed by atoms with E-state index in [0.717, 1.165) is 4.31 Å². The first-order chi connectivity index (χ1) is 13.2. The molecule has 3 N–H and O–H groups in total. The van der Waals surface area contributed by atoms with Crippen molar-refractivity contribution in [2.45, 2.75) is 20.8 Å². The number of aromatic nitrogens is 1. The molecule has 0 saturated carbocycles. The zero-order valence-electron chi connectivity index (χ0n) is 14.4. The number of pyridine rings is 1. The summed E-state index contributed by atoms with van der Waals surface area (Å²) in [4.78, 5) is 4.06. The molecule has 7 nitrogen and oxygen atoms in total. The Morgan fingerprint density at radius 2 is 2.14 bits per heavy atom. The lowest BCUT2D eigenvalue weighted by atomic mass is 10.0. The Balaban J connectivity index is 1.89. The molecule has 3 rings (SSSR count). The molecule has 0 spiro atoms. The van der Waals surface area contributed by atoms with Gasteiger partial charge in [-0.15, -0.1) is 0 Å². The van der Waals surface area contributed by atoms with Crippen LogP contribution < -0.4 is 5.73 Å². The van der Waals surface area contributed by atoms with Crippen molar-refractivity contribution in [3.63, 3.8) is 0 Å². The number of benzene rings is 1. The highest BCUT2D eigenvalue weighted by Gasteiger charge is 2.49. The zero-order valence-corrected chi connectivity index (χ0v) is 17.6. The van der Waals surface area contributed by atoms with E-state index < -0.39 is 20.9 Å². The topological polar surface area (TPSA) is 120 Å². The van der Waals surface area contributed by atoms with Gasteiger partial charge in [-0.3, -0.25) is 0 Å². The summed E-state index contributed by atoms with van der Waals surface area (Å²) in [7, 11) is -3.99. The SMILES string of the molecule is N#Cc1ccc(S(=O)(=O)N2C[C@H](Sc3ccc(Cl)cn3)C(O)(CN)C2)c(Cl)c1. The third kappa shape index (κ3) is 4.14. The van der Waals surface area contributed by atoms with Crippen LogP contribution in [0.1, 0.15) is 5.56 Å². The molecule has 1 fully saturated rings. The number of hydrogen-bond donors (Lipinski definition) is 2. The second-order valence-electron chi connectivity index (χ2n) is 6.28. The molecule has 2 heterocycles. The Bertz CT molecular complexity index is 1030. The first-order valence-corrected chi connectivity index (χ1v) is 11.2. The number of nitriles is 1. The van der Waals surface area contributed by atoms with Crippen LogP contribution in [0.15, 0.2) is 46.5 Å². The van der Waals surface area contributed by atoms with Gasteiger partial charge in [0.05, 0.1) is 32.0 Å². The largest absolute Gasteiger partial charge is 0.386 e. The number of nitrogens with two attached hydrogens (primary N) is 1. The third-order valence-electron chi connectivity index (χ3n) is 4.41. The first kappa shape index (κ1) is 21.3. The number of thioether (sulfide) groups is 1. The van der Waals surface area contributed by atoms with Gasteiger partial charge < -0.3 is 10.8 Å². The van der Waals surface area contributed by atoms with Gasteiger partial charge >= 0.3 is 0 Å². The van der Waals surface area contributed by atoms with Gasteiger partial charge in [-0.2, -0.15) is 9.57 Å². The second-order valence-corrected chi connectivity index (χ2v) is 10.3. The molecule has 2 atom stereocenters. The van der Waals surface area contributed by atoms with E-state index >= 15 is 0 Å².